The number of carboxylic acids is 1. The lowest BCUT2D eigenvalue weighted by Gasteiger charge is -2.07. The van der Waals surface area contributed by atoms with E-state index in [1.165, 1.54) is 12.1 Å². The number of nitriles is 1. The lowest BCUT2D eigenvalue weighted by molar-refractivity contribution is 0.0696. The molecule has 2 aromatic carbocycles. The Kier molecular flexibility index (Phi) is 3.79. The van der Waals surface area contributed by atoms with Crippen molar-refractivity contribution >= 4 is 5.97 Å². The van der Waals surface area contributed by atoms with Crippen molar-refractivity contribution in [1.29, 1.82) is 5.26 Å². The molecule has 0 aliphatic heterocycles. The van der Waals surface area contributed by atoms with Crippen LogP contribution in [0.15, 0.2) is 48.5 Å². The summed E-state index contributed by atoms with van der Waals surface area (Å²) in [5, 5.41) is 17.5. The van der Waals surface area contributed by atoms with E-state index < -0.39 is 5.97 Å². The zero-order valence-corrected chi connectivity index (χ0v) is 10.0. The molecule has 19 heavy (non-hydrogen) atoms. The molecule has 0 aliphatic carbocycles. The van der Waals surface area contributed by atoms with E-state index in [0.29, 0.717) is 17.9 Å². The summed E-state index contributed by atoms with van der Waals surface area (Å²) in [6.45, 7) is 0.328. The van der Waals surface area contributed by atoms with Gasteiger partial charge in [0, 0.05) is 0 Å². The molecule has 0 radical (unpaired) electrons. The van der Waals surface area contributed by atoms with Crippen LogP contribution in [0.5, 0.6) is 5.75 Å². The molecule has 0 saturated carbocycles. The summed E-state index contributed by atoms with van der Waals surface area (Å²) in [5.74, 6) is -0.479. The summed E-state index contributed by atoms with van der Waals surface area (Å²) in [4.78, 5) is 10.8. The fourth-order valence-corrected chi connectivity index (χ4v) is 1.56. The van der Waals surface area contributed by atoms with Gasteiger partial charge in [-0.25, -0.2) is 4.79 Å². The smallest absolute Gasteiger partial charge is 0.335 e. The van der Waals surface area contributed by atoms with Gasteiger partial charge in [-0.2, -0.15) is 5.26 Å². The molecule has 94 valence electrons. The molecule has 0 aromatic heterocycles. The molecule has 4 nitrogen and oxygen atoms in total. The highest BCUT2D eigenvalue weighted by Gasteiger charge is 2.04. The molecule has 4 heteroatoms. The number of aromatic carboxylic acids is 1. The SMILES string of the molecule is N#Cc1ccc(COc2cccc(C(=O)O)c2)cc1. The monoisotopic (exact) mass is 253 g/mol. The quantitative estimate of drug-likeness (QED) is 0.909. The van der Waals surface area contributed by atoms with E-state index in [2.05, 4.69) is 0 Å². The Morgan fingerprint density at radius 1 is 1.21 bits per heavy atom. The summed E-state index contributed by atoms with van der Waals surface area (Å²) in [5.41, 5.74) is 1.70. The molecular weight excluding hydrogens is 242 g/mol. The number of hydrogen-bond donors (Lipinski definition) is 1. The van der Waals surface area contributed by atoms with E-state index >= 15 is 0 Å². The maximum Gasteiger partial charge on any atom is 0.335 e. The van der Waals surface area contributed by atoms with E-state index in [-0.39, 0.29) is 5.56 Å². The first-order valence-corrected chi connectivity index (χ1v) is 5.64. The Morgan fingerprint density at radius 3 is 2.58 bits per heavy atom. The molecule has 2 aromatic rings. The summed E-state index contributed by atoms with van der Waals surface area (Å²) in [7, 11) is 0. The zero-order valence-electron chi connectivity index (χ0n) is 10.0. The number of carbonyl (C=O) groups is 1. The van der Waals surface area contributed by atoms with Crippen molar-refractivity contribution in [2.24, 2.45) is 0 Å². The second-order valence-corrected chi connectivity index (χ2v) is 3.93. The van der Waals surface area contributed by atoms with Gasteiger partial charge in [-0.05, 0) is 35.9 Å². The van der Waals surface area contributed by atoms with Crippen LogP contribution in [0, 0.1) is 11.3 Å². The minimum Gasteiger partial charge on any atom is -0.489 e. The molecule has 0 amide bonds. The Labute approximate surface area is 110 Å². The first kappa shape index (κ1) is 12.7. The van der Waals surface area contributed by atoms with Crippen molar-refractivity contribution in [3.05, 3.63) is 65.2 Å². The average molecular weight is 253 g/mol. The summed E-state index contributed by atoms with van der Waals surface area (Å²) in [6.07, 6.45) is 0. The van der Waals surface area contributed by atoms with Gasteiger partial charge in [0.15, 0.2) is 0 Å². The van der Waals surface area contributed by atoms with Crippen LogP contribution in [0.25, 0.3) is 0 Å². The van der Waals surface area contributed by atoms with Crippen LogP contribution in [0.3, 0.4) is 0 Å². The third-order valence-electron chi connectivity index (χ3n) is 2.57. The van der Waals surface area contributed by atoms with Crippen molar-refractivity contribution < 1.29 is 14.6 Å². The molecule has 0 heterocycles. The van der Waals surface area contributed by atoms with E-state index in [1.54, 1.807) is 36.4 Å². The van der Waals surface area contributed by atoms with Gasteiger partial charge in [-0.1, -0.05) is 18.2 Å². The van der Waals surface area contributed by atoms with Crippen molar-refractivity contribution in [3.8, 4) is 11.8 Å². The Balaban J connectivity index is 2.03. The Hall–Kier alpha value is -2.80. The van der Waals surface area contributed by atoms with Crippen LogP contribution in [-0.4, -0.2) is 11.1 Å². The van der Waals surface area contributed by atoms with Gasteiger partial charge in [0.05, 0.1) is 17.2 Å². The Morgan fingerprint density at radius 2 is 1.95 bits per heavy atom. The van der Waals surface area contributed by atoms with Crippen LogP contribution in [0.1, 0.15) is 21.5 Å². The van der Waals surface area contributed by atoms with Gasteiger partial charge in [-0.3, -0.25) is 0 Å². The minimum absolute atomic E-state index is 0.192. The number of hydrogen-bond acceptors (Lipinski definition) is 3. The number of ether oxygens (including phenoxy) is 1. The molecular formula is C15H11NO3. The number of nitrogens with zero attached hydrogens (tertiary/aromatic N) is 1. The summed E-state index contributed by atoms with van der Waals surface area (Å²) >= 11 is 0. The second-order valence-electron chi connectivity index (χ2n) is 3.93. The van der Waals surface area contributed by atoms with E-state index in [9.17, 15) is 4.79 Å². The van der Waals surface area contributed by atoms with Crippen LogP contribution in [-0.2, 0) is 6.61 Å². The predicted molar refractivity (Wildman–Crippen MR) is 68.9 cm³/mol. The topological polar surface area (TPSA) is 70.3 Å². The third-order valence-corrected chi connectivity index (χ3v) is 2.57. The fourth-order valence-electron chi connectivity index (χ4n) is 1.56. The van der Waals surface area contributed by atoms with E-state index in [1.807, 2.05) is 6.07 Å². The van der Waals surface area contributed by atoms with Crippen molar-refractivity contribution in [2.75, 3.05) is 0 Å². The molecule has 0 saturated heterocycles. The first-order chi connectivity index (χ1) is 9.19. The van der Waals surface area contributed by atoms with Crippen LogP contribution in [0.2, 0.25) is 0 Å². The van der Waals surface area contributed by atoms with E-state index in [4.69, 9.17) is 15.1 Å². The lowest BCUT2D eigenvalue weighted by atomic mass is 10.1. The van der Waals surface area contributed by atoms with Crippen LogP contribution >= 0.6 is 0 Å². The minimum atomic E-state index is -0.983. The van der Waals surface area contributed by atoms with Gasteiger partial charge < -0.3 is 9.84 Å². The third kappa shape index (κ3) is 3.33. The predicted octanol–water partition coefficient (Wildman–Crippen LogP) is 2.84. The van der Waals surface area contributed by atoms with Gasteiger partial charge in [0.2, 0.25) is 0 Å². The lowest BCUT2D eigenvalue weighted by Crippen LogP contribution is -1.99. The second kappa shape index (κ2) is 5.69. The largest absolute Gasteiger partial charge is 0.489 e. The van der Waals surface area contributed by atoms with E-state index in [0.717, 1.165) is 5.56 Å². The van der Waals surface area contributed by atoms with Crippen LogP contribution in [0.4, 0.5) is 0 Å². The molecule has 0 spiro atoms. The van der Waals surface area contributed by atoms with Gasteiger partial charge in [-0.15, -0.1) is 0 Å². The number of carboxylic acid groups (broad SMARTS) is 1. The number of rotatable bonds is 4. The highest BCUT2D eigenvalue weighted by Crippen LogP contribution is 2.15. The highest BCUT2D eigenvalue weighted by atomic mass is 16.5. The normalized spacial score (nSPS) is 9.63. The highest BCUT2D eigenvalue weighted by molar-refractivity contribution is 5.87. The van der Waals surface area contributed by atoms with Crippen molar-refractivity contribution in [1.82, 2.24) is 0 Å². The molecule has 0 atom stereocenters. The molecule has 0 aliphatic rings. The number of benzene rings is 2. The summed E-state index contributed by atoms with van der Waals surface area (Å²) in [6, 6.07) is 15.4. The van der Waals surface area contributed by atoms with Gasteiger partial charge in [0.25, 0.3) is 0 Å². The zero-order chi connectivity index (χ0) is 13.7. The molecule has 1 N–H and O–H groups in total. The molecule has 0 unspecified atom stereocenters. The molecule has 2 rings (SSSR count). The standard InChI is InChI=1S/C15H11NO3/c16-9-11-4-6-12(7-5-11)10-19-14-3-1-2-13(8-14)15(17)18/h1-8H,10H2,(H,17,18). The average Bonchev–Trinajstić information content (AvgIpc) is 2.46. The van der Waals surface area contributed by atoms with Crippen molar-refractivity contribution in [3.63, 3.8) is 0 Å². The maximum absolute atomic E-state index is 10.8. The molecule has 0 bridgehead atoms. The fraction of sp³-hybridized carbons (Fsp3) is 0.0667. The summed E-state index contributed by atoms with van der Waals surface area (Å²) < 4.78 is 5.51. The maximum atomic E-state index is 10.8. The van der Waals surface area contributed by atoms with Crippen molar-refractivity contribution in [2.45, 2.75) is 6.61 Å². The van der Waals surface area contributed by atoms with Crippen LogP contribution < -0.4 is 4.74 Å². The van der Waals surface area contributed by atoms with Gasteiger partial charge >= 0.3 is 5.97 Å². The first-order valence-electron chi connectivity index (χ1n) is 5.64. The Bertz CT molecular complexity index is 627. The van der Waals surface area contributed by atoms with Gasteiger partial charge in [0.1, 0.15) is 12.4 Å². The molecule has 0 fully saturated rings.